The maximum Gasteiger partial charge on any atom is 0.140 e. The van der Waals surface area contributed by atoms with Crippen molar-refractivity contribution in [2.45, 2.75) is 40.8 Å². The summed E-state index contributed by atoms with van der Waals surface area (Å²) in [5, 5.41) is 4.37. The second-order valence-electron chi connectivity index (χ2n) is 5.01. The second-order valence-corrected chi connectivity index (χ2v) is 6.18. The van der Waals surface area contributed by atoms with Gasteiger partial charge in [0.15, 0.2) is 0 Å². The van der Waals surface area contributed by atoms with Crippen LogP contribution in [0.5, 0.6) is 5.75 Å². The van der Waals surface area contributed by atoms with E-state index in [1.165, 1.54) is 16.0 Å². The molecule has 0 aliphatic carbocycles. The van der Waals surface area contributed by atoms with Crippen LogP contribution >= 0.6 is 11.3 Å². The molecule has 1 aromatic carbocycles. The molecule has 2 aromatic rings. The van der Waals surface area contributed by atoms with Gasteiger partial charge >= 0.3 is 0 Å². The van der Waals surface area contributed by atoms with Crippen molar-refractivity contribution in [3.63, 3.8) is 0 Å². The first-order valence-electron chi connectivity index (χ1n) is 6.95. The molecule has 0 spiro atoms. The summed E-state index contributed by atoms with van der Waals surface area (Å²) in [7, 11) is 0. The summed E-state index contributed by atoms with van der Waals surface area (Å²) in [6, 6.07) is 6.27. The van der Waals surface area contributed by atoms with Crippen LogP contribution in [0.25, 0.3) is 0 Å². The van der Waals surface area contributed by atoms with Crippen molar-refractivity contribution in [2.24, 2.45) is 0 Å². The van der Waals surface area contributed by atoms with Gasteiger partial charge in [0, 0.05) is 11.4 Å². The molecule has 0 atom stereocenters. The number of thiazole rings is 1. The zero-order valence-corrected chi connectivity index (χ0v) is 13.4. The van der Waals surface area contributed by atoms with Crippen LogP contribution in [-0.2, 0) is 13.2 Å². The van der Waals surface area contributed by atoms with Crippen LogP contribution in [0, 0.1) is 20.8 Å². The van der Waals surface area contributed by atoms with Crippen molar-refractivity contribution in [1.82, 2.24) is 10.3 Å². The van der Waals surface area contributed by atoms with Crippen LogP contribution in [-0.4, -0.2) is 11.5 Å². The van der Waals surface area contributed by atoms with Crippen molar-refractivity contribution < 1.29 is 4.74 Å². The normalized spacial score (nSPS) is 10.8. The Kier molecular flexibility index (Phi) is 5.15. The zero-order chi connectivity index (χ0) is 14.5. The van der Waals surface area contributed by atoms with E-state index in [4.69, 9.17) is 4.74 Å². The molecule has 0 amide bonds. The molecule has 2 rings (SSSR count). The van der Waals surface area contributed by atoms with Gasteiger partial charge in [-0.15, -0.1) is 11.3 Å². The zero-order valence-electron chi connectivity index (χ0n) is 12.6. The lowest BCUT2D eigenvalue weighted by Crippen LogP contribution is -2.11. The Morgan fingerprint density at radius 3 is 2.50 bits per heavy atom. The number of aryl methyl sites for hydroxylation is 3. The third-order valence-electron chi connectivity index (χ3n) is 3.03. The van der Waals surface area contributed by atoms with E-state index in [1.54, 1.807) is 11.3 Å². The van der Waals surface area contributed by atoms with E-state index in [0.29, 0.717) is 6.61 Å². The molecule has 1 heterocycles. The summed E-state index contributed by atoms with van der Waals surface area (Å²) in [4.78, 5) is 5.87. The van der Waals surface area contributed by atoms with Gasteiger partial charge in [0.25, 0.3) is 0 Å². The fraction of sp³-hybridized carbons (Fsp3) is 0.438. The van der Waals surface area contributed by atoms with E-state index in [1.807, 2.05) is 0 Å². The fourth-order valence-electron chi connectivity index (χ4n) is 2.11. The van der Waals surface area contributed by atoms with Gasteiger partial charge in [-0.3, -0.25) is 0 Å². The quantitative estimate of drug-likeness (QED) is 0.879. The summed E-state index contributed by atoms with van der Waals surface area (Å²) in [5.41, 5.74) is 3.56. The van der Waals surface area contributed by atoms with E-state index in [2.05, 4.69) is 56.2 Å². The van der Waals surface area contributed by atoms with Gasteiger partial charge in [0.2, 0.25) is 0 Å². The SMILES string of the molecule is CCNCc1sc(COc2cc(C)cc(C)c2)nc1C. The molecule has 20 heavy (non-hydrogen) atoms. The van der Waals surface area contributed by atoms with Gasteiger partial charge in [0.05, 0.1) is 5.69 Å². The molecular formula is C16H22N2OS. The molecule has 0 radical (unpaired) electrons. The topological polar surface area (TPSA) is 34.1 Å². The fourth-order valence-corrected chi connectivity index (χ4v) is 3.07. The van der Waals surface area contributed by atoms with Gasteiger partial charge in [-0.2, -0.15) is 0 Å². The Bertz CT molecular complexity index is 558. The Labute approximate surface area is 125 Å². The maximum atomic E-state index is 5.85. The van der Waals surface area contributed by atoms with E-state index in [-0.39, 0.29) is 0 Å². The molecule has 0 saturated carbocycles. The Hall–Kier alpha value is -1.39. The number of nitrogens with zero attached hydrogens (tertiary/aromatic N) is 1. The molecule has 0 unspecified atom stereocenters. The van der Waals surface area contributed by atoms with E-state index >= 15 is 0 Å². The minimum absolute atomic E-state index is 0.542. The van der Waals surface area contributed by atoms with Crippen LogP contribution in [0.15, 0.2) is 18.2 Å². The van der Waals surface area contributed by atoms with Crippen molar-refractivity contribution in [3.05, 3.63) is 44.9 Å². The number of hydrogen-bond acceptors (Lipinski definition) is 4. The summed E-state index contributed by atoms with van der Waals surface area (Å²) in [6.07, 6.45) is 0. The van der Waals surface area contributed by atoms with Gasteiger partial charge in [-0.05, 0) is 50.6 Å². The largest absolute Gasteiger partial charge is 0.486 e. The molecule has 0 saturated heterocycles. The molecule has 1 N–H and O–H groups in total. The third kappa shape index (κ3) is 4.05. The first kappa shape index (κ1) is 15.0. The predicted octanol–water partition coefficient (Wildman–Crippen LogP) is 3.76. The van der Waals surface area contributed by atoms with Crippen LogP contribution in [0.3, 0.4) is 0 Å². The van der Waals surface area contributed by atoms with E-state index in [0.717, 1.165) is 29.5 Å². The van der Waals surface area contributed by atoms with Gasteiger partial charge in [-0.25, -0.2) is 4.98 Å². The summed E-state index contributed by atoms with van der Waals surface area (Å²) >= 11 is 1.73. The molecular weight excluding hydrogens is 268 g/mol. The van der Waals surface area contributed by atoms with Crippen LogP contribution < -0.4 is 10.1 Å². The van der Waals surface area contributed by atoms with E-state index < -0.39 is 0 Å². The highest BCUT2D eigenvalue weighted by Crippen LogP contribution is 2.21. The maximum absolute atomic E-state index is 5.85. The molecule has 0 aliphatic rings. The molecule has 0 fully saturated rings. The molecule has 3 nitrogen and oxygen atoms in total. The van der Waals surface area contributed by atoms with Crippen LogP contribution in [0.4, 0.5) is 0 Å². The minimum atomic E-state index is 0.542. The monoisotopic (exact) mass is 290 g/mol. The molecule has 4 heteroatoms. The lowest BCUT2D eigenvalue weighted by atomic mass is 10.1. The predicted molar refractivity (Wildman–Crippen MR) is 84.5 cm³/mol. The Morgan fingerprint density at radius 2 is 1.85 bits per heavy atom. The van der Waals surface area contributed by atoms with Crippen molar-refractivity contribution in [1.29, 1.82) is 0 Å². The third-order valence-corrected chi connectivity index (χ3v) is 4.16. The molecule has 0 bridgehead atoms. The number of nitrogens with one attached hydrogen (secondary N) is 1. The highest BCUT2D eigenvalue weighted by Gasteiger charge is 2.08. The van der Waals surface area contributed by atoms with Gasteiger partial charge in [-0.1, -0.05) is 13.0 Å². The van der Waals surface area contributed by atoms with Crippen molar-refractivity contribution in [2.75, 3.05) is 6.54 Å². The highest BCUT2D eigenvalue weighted by atomic mass is 32.1. The summed E-state index contributed by atoms with van der Waals surface area (Å²) < 4.78 is 5.85. The van der Waals surface area contributed by atoms with E-state index in [9.17, 15) is 0 Å². The molecule has 108 valence electrons. The number of aromatic nitrogens is 1. The minimum Gasteiger partial charge on any atom is -0.486 e. The Balaban J connectivity index is 2.00. The first-order chi connectivity index (χ1) is 9.58. The molecule has 1 aromatic heterocycles. The number of benzene rings is 1. The average molecular weight is 290 g/mol. The lowest BCUT2D eigenvalue weighted by Gasteiger charge is -2.06. The van der Waals surface area contributed by atoms with Gasteiger partial charge in [0.1, 0.15) is 17.4 Å². The lowest BCUT2D eigenvalue weighted by molar-refractivity contribution is 0.305. The smallest absolute Gasteiger partial charge is 0.140 e. The summed E-state index contributed by atoms with van der Waals surface area (Å²) in [5.74, 6) is 0.920. The van der Waals surface area contributed by atoms with Crippen molar-refractivity contribution >= 4 is 11.3 Å². The number of ether oxygens (including phenoxy) is 1. The Morgan fingerprint density at radius 1 is 1.15 bits per heavy atom. The second kappa shape index (κ2) is 6.86. The van der Waals surface area contributed by atoms with Gasteiger partial charge < -0.3 is 10.1 Å². The summed E-state index contributed by atoms with van der Waals surface area (Å²) in [6.45, 7) is 10.8. The number of rotatable bonds is 6. The first-order valence-corrected chi connectivity index (χ1v) is 7.77. The van der Waals surface area contributed by atoms with Crippen LogP contribution in [0.1, 0.15) is 33.6 Å². The van der Waals surface area contributed by atoms with Crippen molar-refractivity contribution in [3.8, 4) is 5.75 Å². The molecule has 0 aliphatic heterocycles. The van der Waals surface area contributed by atoms with Crippen LogP contribution in [0.2, 0.25) is 0 Å². The number of hydrogen-bond donors (Lipinski definition) is 1. The standard InChI is InChI=1S/C16H22N2OS/c1-5-17-9-15-13(4)18-16(20-15)10-19-14-7-11(2)6-12(3)8-14/h6-8,17H,5,9-10H2,1-4H3. The highest BCUT2D eigenvalue weighted by molar-refractivity contribution is 7.11. The average Bonchev–Trinajstić information content (AvgIpc) is 2.73.